The zero-order valence-corrected chi connectivity index (χ0v) is 15.8. The Labute approximate surface area is 156 Å². The van der Waals surface area contributed by atoms with Crippen LogP contribution in [0.15, 0.2) is 54.6 Å². The summed E-state index contributed by atoms with van der Waals surface area (Å²) in [5.74, 6) is 1.24. The Morgan fingerprint density at radius 1 is 0.962 bits per heavy atom. The number of para-hydroxylation sites is 2. The molecular weight excluding hydrogens is 318 g/mol. The molecule has 0 spiro atoms. The lowest BCUT2D eigenvalue weighted by Gasteiger charge is -2.33. The first-order valence-electron chi connectivity index (χ1n) is 10.1. The highest BCUT2D eigenvalue weighted by molar-refractivity contribution is 5.76. The number of piperidine rings is 1. The number of imidazole rings is 1. The van der Waals surface area contributed by atoms with E-state index in [-0.39, 0.29) is 0 Å². The smallest absolute Gasteiger partial charge is 0.109 e. The molecule has 1 saturated heterocycles. The van der Waals surface area contributed by atoms with Gasteiger partial charge >= 0.3 is 0 Å². The topological polar surface area (TPSA) is 21.1 Å². The predicted molar refractivity (Wildman–Crippen MR) is 109 cm³/mol. The van der Waals surface area contributed by atoms with Crippen molar-refractivity contribution >= 4 is 11.0 Å². The average molecular weight is 348 g/mol. The van der Waals surface area contributed by atoms with Crippen molar-refractivity contribution in [3.8, 4) is 0 Å². The Morgan fingerprint density at radius 3 is 2.46 bits per heavy atom. The van der Waals surface area contributed by atoms with Gasteiger partial charge in [-0.25, -0.2) is 4.98 Å². The Kier molecular flexibility index (Phi) is 5.35. The van der Waals surface area contributed by atoms with Gasteiger partial charge in [0.1, 0.15) is 5.82 Å². The number of benzene rings is 2. The zero-order valence-electron chi connectivity index (χ0n) is 15.8. The first-order valence-corrected chi connectivity index (χ1v) is 10.1. The van der Waals surface area contributed by atoms with Crippen LogP contribution in [0.4, 0.5) is 0 Å². The maximum absolute atomic E-state index is 4.86. The maximum Gasteiger partial charge on any atom is 0.109 e. The lowest BCUT2D eigenvalue weighted by molar-refractivity contribution is 0.185. The van der Waals surface area contributed by atoms with E-state index in [0.29, 0.717) is 6.04 Å². The van der Waals surface area contributed by atoms with Crippen LogP contribution in [-0.2, 0) is 12.8 Å². The van der Waals surface area contributed by atoms with Gasteiger partial charge in [-0.3, -0.25) is 0 Å². The van der Waals surface area contributed by atoms with Gasteiger partial charge in [0.2, 0.25) is 0 Å². The third-order valence-corrected chi connectivity index (χ3v) is 5.69. The monoisotopic (exact) mass is 347 g/mol. The number of nitrogens with zero attached hydrogens (tertiary/aromatic N) is 3. The van der Waals surface area contributed by atoms with E-state index in [1.807, 2.05) is 0 Å². The van der Waals surface area contributed by atoms with Gasteiger partial charge in [0.05, 0.1) is 11.0 Å². The van der Waals surface area contributed by atoms with Crippen LogP contribution < -0.4 is 0 Å². The third-order valence-electron chi connectivity index (χ3n) is 5.69. The number of rotatable bonds is 6. The molecule has 0 N–H and O–H groups in total. The normalized spacial score (nSPS) is 16.3. The number of aromatic nitrogens is 2. The second kappa shape index (κ2) is 8.05. The quantitative estimate of drug-likeness (QED) is 0.634. The second-order valence-electron chi connectivity index (χ2n) is 7.40. The fourth-order valence-electron chi connectivity index (χ4n) is 4.30. The number of likely N-dealkylation sites (tertiary alicyclic amines) is 1. The summed E-state index contributed by atoms with van der Waals surface area (Å²) in [6.45, 7) is 5.84. The molecule has 0 aliphatic carbocycles. The van der Waals surface area contributed by atoms with E-state index in [2.05, 4.69) is 71.0 Å². The molecule has 3 heteroatoms. The van der Waals surface area contributed by atoms with E-state index in [9.17, 15) is 0 Å². The fourth-order valence-corrected chi connectivity index (χ4v) is 4.30. The molecule has 136 valence electrons. The van der Waals surface area contributed by atoms with Gasteiger partial charge in [-0.15, -0.1) is 0 Å². The van der Waals surface area contributed by atoms with Gasteiger partial charge in [-0.1, -0.05) is 49.4 Å². The number of aryl methyl sites for hydroxylation is 2. The second-order valence-corrected chi connectivity index (χ2v) is 7.40. The van der Waals surface area contributed by atoms with Crippen molar-refractivity contribution in [1.29, 1.82) is 0 Å². The van der Waals surface area contributed by atoms with Crippen molar-refractivity contribution in [3.63, 3.8) is 0 Å². The zero-order chi connectivity index (χ0) is 17.8. The summed E-state index contributed by atoms with van der Waals surface area (Å²) < 4.78 is 2.52. The minimum absolute atomic E-state index is 0.600. The molecule has 1 fully saturated rings. The van der Waals surface area contributed by atoms with Gasteiger partial charge in [-0.2, -0.15) is 0 Å². The Morgan fingerprint density at radius 2 is 1.69 bits per heavy atom. The van der Waals surface area contributed by atoms with Crippen molar-refractivity contribution in [1.82, 2.24) is 14.5 Å². The molecule has 4 rings (SSSR count). The summed E-state index contributed by atoms with van der Waals surface area (Å²) in [6.07, 6.45) is 5.92. The van der Waals surface area contributed by atoms with E-state index in [1.165, 1.54) is 62.2 Å². The molecule has 1 aliphatic rings. The van der Waals surface area contributed by atoms with E-state index in [4.69, 9.17) is 4.98 Å². The van der Waals surface area contributed by atoms with E-state index in [1.54, 1.807) is 0 Å². The van der Waals surface area contributed by atoms with Crippen LogP contribution in [0.5, 0.6) is 0 Å². The summed E-state index contributed by atoms with van der Waals surface area (Å²) in [5.41, 5.74) is 3.92. The molecule has 0 amide bonds. The van der Waals surface area contributed by atoms with Crippen molar-refractivity contribution in [2.24, 2.45) is 0 Å². The van der Waals surface area contributed by atoms with Crippen LogP contribution in [0.25, 0.3) is 11.0 Å². The van der Waals surface area contributed by atoms with Crippen molar-refractivity contribution in [2.45, 2.75) is 45.1 Å². The SMILES string of the molecule is CCc1nc2ccccc2n1C1CCN(CCCc2ccccc2)CC1. The summed E-state index contributed by atoms with van der Waals surface area (Å²) >= 11 is 0. The predicted octanol–water partition coefficient (Wildman–Crippen LogP) is 4.87. The molecule has 2 aromatic carbocycles. The van der Waals surface area contributed by atoms with E-state index >= 15 is 0 Å². The highest BCUT2D eigenvalue weighted by atomic mass is 15.2. The Bertz CT molecular complexity index is 829. The van der Waals surface area contributed by atoms with E-state index in [0.717, 1.165) is 11.9 Å². The lowest BCUT2D eigenvalue weighted by Crippen LogP contribution is -2.35. The first-order chi connectivity index (χ1) is 12.8. The molecule has 26 heavy (non-hydrogen) atoms. The summed E-state index contributed by atoms with van der Waals surface area (Å²) in [6, 6.07) is 20.1. The molecule has 3 nitrogen and oxygen atoms in total. The van der Waals surface area contributed by atoms with E-state index < -0.39 is 0 Å². The van der Waals surface area contributed by atoms with Crippen molar-refractivity contribution in [2.75, 3.05) is 19.6 Å². The minimum Gasteiger partial charge on any atom is -0.325 e. The molecule has 1 aliphatic heterocycles. The van der Waals surface area contributed by atoms with Gasteiger partial charge in [0, 0.05) is 25.6 Å². The molecule has 3 aromatic rings. The average Bonchev–Trinajstić information content (AvgIpc) is 3.08. The van der Waals surface area contributed by atoms with Crippen LogP contribution in [0.3, 0.4) is 0 Å². The number of hydrogen-bond acceptors (Lipinski definition) is 2. The molecule has 2 heterocycles. The third kappa shape index (κ3) is 3.68. The Hall–Kier alpha value is -2.13. The first kappa shape index (κ1) is 17.3. The van der Waals surface area contributed by atoms with Gasteiger partial charge in [0.25, 0.3) is 0 Å². The van der Waals surface area contributed by atoms with Crippen LogP contribution in [0.2, 0.25) is 0 Å². The largest absolute Gasteiger partial charge is 0.325 e. The van der Waals surface area contributed by atoms with Crippen molar-refractivity contribution in [3.05, 3.63) is 66.0 Å². The molecular formula is C23H29N3. The summed E-state index contributed by atoms with van der Waals surface area (Å²) in [7, 11) is 0. The van der Waals surface area contributed by atoms with Gasteiger partial charge in [0.15, 0.2) is 0 Å². The molecule has 0 unspecified atom stereocenters. The standard InChI is InChI=1S/C23H29N3/c1-2-23-24-21-12-6-7-13-22(21)26(23)20-14-17-25(18-15-20)16-8-11-19-9-4-3-5-10-19/h3-7,9-10,12-13,20H,2,8,11,14-18H2,1H3. The minimum atomic E-state index is 0.600. The lowest BCUT2D eigenvalue weighted by atomic mass is 10.0. The van der Waals surface area contributed by atoms with Gasteiger partial charge < -0.3 is 9.47 Å². The molecule has 0 atom stereocenters. The molecule has 1 aromatic heterocycles. The Balaban J connectivity index is 1.35. The highest BCUT2D eigenvalue weighted by Gasteiger charge is 2.23. The number of fused-ring (bicyclic) bond motifs is 1. The number of hydrogen-bond donors (Lipinski definition) is 0. The van der Waals surface area contributed by atoms with Crippen LogP contribution >= 0.6 is 0 Å². The highest BCUT2D eigenvalue weighted by Crippen LogP contribution is 2.29. The van der Waals surface area contributed by atoms with Crippen molar-refractivity contribution < 1.29 is 0 Å². The molecule has 0 saturated carbocycles. The molecule has 0 radical (unpaired) electrons. The van der Waals surface area contributed by atoms with Crippen LogP contribution in [0.1, 0.15) is 43.6 Å². The van der Waals surface area contributed by atoms with Gasteiger partial charge in [-0.05, 0) is 49.9 Å². The summed E-state index contributed by atoms with van der Waals surface area (Å²) in [4.78, 5) is 7.50. The summed E-state index contributed by atoms with van der Waals surface area (Å²) in [5, 5.41) is 0. The van der Waals surface area contributed by atoms with Crippen LogP contribution in [-0.4, -0.2) is 34.1 Å². The van der Waals surface area contributed by atoms with Crippen LogP contribution in [0, 0.1) is 0 Å². The molecule has 0 bridgehead atoms. The maximum atomic E-state index is 4.86. The fraction of sp³-hybridized carbons (Fsp3) is 0.435.